The van der Waals surface area contributed by atoms with Crippen molar-refractivity contribution in [3.8, 4) is 0 Å². The molecule has 1 amide bonds. The number of amides is 1. The van der Waals surface area contributed by atoms with Gasteiger partial charge in [0.15, 0.2) is 0 Å². The summed E-state index contributed by atoms with van der Waals surface area (Å²) < 4.78 is 0. The maximum absolute atomic E-state index is 12.0. The number of nitrogens with one attached hydrogen (secondary N) is 1. The quantitative estimate of drug-likeness (QED) is 0.892. The smallest absolute Gasteiger partial charge is 0.270 e. The summed E-state index contributed by atoms with van der Waals surface area (Å²) in [6.45, 7) is 2.05. The molecule has 0 fully saturated rings. The Bertz CT molecular complexity index is 496. The zero-order valence-electron chi connectivity index (χ0n) is 10.3. The Morgan fingerprint density at radius 1 is 1.17 bits per heavy atom. The second-order valence-electron chi connectivity index (χ2n) is 4.06. The van der Waals surface area contributed by atoms with Gasteiger partial charge in [-0.3, -0.25) is 9.78 Å². The number of carbonyl (C=O) groups is 1. The molecule has 1 N–H and O–H groups in total. The number of hydrogen-bond acceptors (Lipinski definition) is 2. The van der Waals surface area contributed by atoms with E-state index in [1.54, 1.807) is 18.3 Å². The topological polar surface area (TPSA) is 42.0 Å². The molecule has 0 saturated carbocycles. The van der Waals surface area contributed by atoms with Crippen LogP contribution < -0.4 is 5.32 Å². The van der Waals surface area contributed by atoms with Crippen LogP contribution in [-0.2, 0) is 0 Å². The van der Waals surface area contributed by atoms with Crippen LogP contribution in [0.4, 0.5) is 0 Å². The lowest BCUT2D eigenvalue weighted by Gasteiger charge is -2.17. The fourth-order valence-electron chi connectivity index (χ4n) is 1.84. The average Bonchev–Trinajstić information content (AvgIpc) is 2.46. The minimum absolute atomic E-state index is 0.0284. The minimum atomic E-state index is -0.133. The summed E-state index contributed by atoms with van der Waals surface area (Å²) in [5, 5.41) is 3.00. The predicted octanol–water partition coefficient (Wildman–Crippen LogP) is 2.96. The molecule has 0 radical (unpaired) electrons. The number of carbonyl (C=O) groups excluding carboxylic acids is 1. The normalized spacial score (nSPS) is 11.8. The van der Waals surface area contributed by atoms with E-state index < -0.39 is 0 Å². The Morgan fingerprint density at radius 2 is 1.89 bits per heavy atom. The van der Waals surface area contributed by atoms with E-state index in [1.807, 2.05) is 36.4 Å². The van der Waals surface area contributed by atoms with Crippen molar-refractivity contribution in [2.75, 3.05) is 0 Å². The first-order chi connectivity index (χ1) is 8.81. The highest BCUT2D eigenvalue weighted by molar-refractivity contribution is 5.92. The predicted molar refractivity (Wildman–Crippen MR) is 71.2 cm³/mol. The van der Waals surface area contributed by atoms with Crippen LogP contribution in [0.15, 0.2) is 54.7 Å². The van der Waals surface area contributed by atoms with Crippen LogP contribution in [0.3, 0.4) is 0 Å². The van der Waals surface area contributed by atoms with Gasteiger partial charge in [-0.2, -0.15) is 0 Å². The molecule has 0 aliphatic rings. The van der Waals surface area contributed by atoms with Crippen LogP contribution >= 0.6 is 0 Å². The van der Waals surface area contributed by atoms with Crippen LogP contribution in [0.5, 0.6) is 0 Å². The highest BCUT2D eigenvalue weighted by Gasteiger charge is 2.14. The number of nitrogens with zero attached hydrogens (tertiary/aromatic N) is 1. The van der Waals surface area contributed by atoms with Crippen LogP contribution in [0.2, 0.25) is 0 Å². The van der Waals surface area contributed by atoms with E-state index in [0.29, 0.717) is 5.69 Å². The maximum Gasteiger partial charge on any atom is 0.270 e. The summed E-state index contributed by atoms with van der Waals surface area (Å²) in [4.78, 5) is 16.1. The molecule has 1 aromatic carbocycles. The Labute approximate surface area is 107 Å². The van der Waals surface area contributed by atoms with Gasteiger partial charge in [-0.1, -0.05) is 43.3 Å². The number of rotatable bonds is 4. The Hall–Kier alpha value is -2.16. The molecule has 0 spiro atoms. The highest BCUT2D eigenvalue weighted by Crippen LogP contribution is 2.16. The van der Waals surface area contributed by atoms with Crippen LogP contribution in [0, 0.1) is 0 Å². The van der Waals surface area contributed by atoms with E-state index in [4.69, 9.17) is 0 Å². The van der Waals surface area contributed by atoms with Crippen LogP contribution in [0.1, 0.15) is 35.4 Å². The molecule has 92 valence electrons. The molecular formula is C15H16N2O. The Morgan fingerprint density at radius 3 is 2.50 bits per heavy atom. The summed E-state index contributed by atoms with van der Waals surface area (Å²) in [7, 11) is 0. The van der Waals surface area contributed by atoms with E-state index in [2.05, 4.69) is 17.2 Å². The number of benzene rings is 1. The fraction of sp³-hybridized carbons (Fsp3) is 0.200. The van der Waals surface area contributed by atoms with Crippen LogP contribution in [0.25, 0.3) is 0 Å². The number of hydrogen-bond donors (Lipinski definition) is 1. The molecule has 3 heteroatoms. The van der Waals surface area contributed by atoms with Crippen LogP contribution in [-0.4, -0.2) is 10.9 Å². The van der Waals surface area contributed by atoms with Crippen molar-refractivity contribution < 1.29 is 4.79 Å². The van der Waals surface area contributed by atoms with Crippen molar-refractivity contribution in [1.29, 1.82) is 0 Å². The Kier molecular flexibility index (Phi) is 4.07. The summed E-state index contributed by atoms with van der Waals surface area (Å²) in [6, 6.07) is 15.3. The lowest BCUT2D eigenvalue weighted by atomic mass is 10.0. The lowest BCUT2D eigenvalue weighted by molar-refractivity contribution is 0.0930. The third-order valence-electron chi connectivity index (χ3n) is 2.81. The van der Waals surface area contributed by atoms with E-state index in [0.717, 1.165) is 12.0 Å². The summed E-state index contributed by atoms with van der Waals surface area (Å²) in [5.74, 6) is -0.133. The summed E-state index contributed by atoms with van der Waals surface area (Å²) in [5.41, 5.74) is 1.57. The zero-order chi connectivity index (χ0) is 12.8. The van der Waals surface area contributed by atoms with Crippen molar-refractivity contribution in [3.05, 3.63) is 66.0 Å². The molecule has 2 rings (SSSR count). The SMILES string of the molecule is CC[C@H](NC(=O)c1ccccn1)c1ccccc1. The summed E-state index contributed by atoms with van der Waals surface area (Å²) >= 11 is 0. The van der Waals surface area contributed by atoms with Gasteiger partial charge in [-0.25, -0.2) is 0 Å². The fourth-order valence-corrected chi connectivity index (χ4v) is 1.84. The van der Waals surface area contributed by atoms with Gasteiger partial charge in [-0.05, 0) is 24.1 Å². The largest absolute Gasteiger partial charge is 0.344 e. The third-order valence-corrected chi connectivity index (χ3v) is 2.81. The Balaban J connectivity index is 2.10. The molecule has 1 atom stereocenters. The highest BCUT2D eigenvalue weighted by atomic mass is 16.1. The van der Waals surface area contributed by atoms with Gasteiger partial charge >= 0.3 is 0 Å². The van der Waals surface area contributed by atoms with Crippen molar-refractivity contribution in [2.24, 2.45) is 0 Å². The monoisotopic (exact) mass is 240 g/mol. The maximum atomic E-state index is 12.0. The second-order valence-corrected chi connectivity index (χ2v) is 4.06. The van der Waals surface area contributed by atoms with E-state index >= 15 is 0 Å². The van der Waals surface area contributed by atoms with Gasteiger partial charge in [0, 0.05) is 6.20 Å². The second kappa shape index (κ2) is 5.96. The van der Waals surface area contributed by atoms with Gasteiger partial charge in [0.25, 0.3) is 5.91 Å². The standard InChI is InChI=1S/C15H16N2O/c1-2-13(12-8-4-3-5-9-12)17-15(18)14-10-6-7-11-16-14/h3-11,13H,2H2,1H3,(H,17,18)/t13-/m0/s1. The molecule has 18 heavy (non-hydrogen) atoms. The first kappa shape index (κ1) is 12.3. The molecule has 1 aromatic heterocycles. The van der Waals surface area contributed by atoms with Crippen molar-refractivity contribution in [2.45, 2.75) is 19.4 Å². The molecule has 1 heterocycles. The van der Waals surface area contributed by atoms with Gasteiger partial charge in [0.05, 0.1) is 6.04 Å². The van der Waals surface area contributed by atoms with E-state index in [9.17, 15) is 4.79 Å². The minimum Gasteiger partial charge on any atom is -0.344 e. The first-order valence-electron chi connectivity index (χ1n) is 6.08. The molecule has 2 aromatic rings. The van der Waals surface area contributed by atoms with Crippen molar-refractivity contribution in [1.82, 2.24) is 10.3 Å². The van der Waals surface area contributed by atoms with Gasteiger partial charge in [0.1, 0.15) is 5.69 Å². The van der Waals surface area contributed by atoms with E-state index in [1.165, 1.54) is 0 Å². The lowest BCUT2D eigenvalue weighted by Crippen LogP contribution is -2.28. The van der Waals surface area contributed by atoms with Gasteiger partial charge in [-0.15, -0.1) is 0 Å². The third kappa shape index (κ3) is 2.94. The molecule has 0 unspecified atom stereocenters. The van der Waals surface area contributed by atoms with Gasteiger partial charge < -0.3 is 5.32 Å². The zero-order valence-corrected chi connectivity index (χ0v) is 10.3. The molecule has 3 nitrogen and oxygen atoms in total. The number of aromatic nitrogens is 1. The molecule has 0 bridgehead atoms. The molecule has 0 aliphatic carbocycles. The first-order valence-corrected chi connectivity index (χ1v) is 6.08. The molecule has 0 saturated heterocycles. The van der Waals surface area contributed by atoms with Crippen molar-refractivity contribution >= 4 is 5.91 Å². The molecule has 0 aliphatic heterocycles. The average molecular weight is 240 g/mol. The van der Waals surface area contributed by atoms with Crippen molar-refractivity contribution in [3.63, 3.8) is 0 Å². The van der Waals surface area contributed by atoms with Gasteiger partial charge in [0.2, 0.25) is 0 Å². The summed E-state index contributed by atoms with van der Waals surface area (Å²) in [6.07, 6.45) is 2.47. The molecular weight excluding hydrogens is 224 g/mol. The van der Waals surface area contributed by atoms with E-state index in [-0.39, 0.29) is 11.9 Å². The number of pyridine rings is 1.